The van der Waals surface area contributed by atoms with Crippen molar-refractivity contribution in [1.82, 2.24) is 14.5 Å². The molecular formula is C26H26N4O2S2. The van der Waals surface area contributed by atoms with Gasteiger partial charge in [-0.05, 0) is 48.9 Å². The summed E-state index contributed by atoms with van der Waals surface area (Å²) in [4.78, 5) is 34.9. The number of hydrogen-bond donors (Lipinski definition) is 1. The Morgan fingerprint density at radius 1 is 1.12 bits per heavy atom. The van der Waals surface area contributed by atoms with Gasteiger partial charge in [-0.15, -0.1) is 11.3 Å². The lowest BCUT2D eigenvalue weighted by atomic mass is 9.92. The maximum atomic E-state index is 12.8. The van der Waals surface area contributed by atoms with Crippen LogP contribution in [0, 0.1) is 6.92 Å². The summed E-state index contributed by atoms with van der Waals surface area (Å²) in [7, 11) is 0. The number of aromatic nitrogens is 3. The van der Waals surface area contributed by atoms with E-state index < -0.39 is 0 Å². The third kappa shape index (κ3) is 4.52. The van der Waals surface area contributed by atoms with Crippen molar-refractivity contribution in [2.75, 3.05) is 11.1 Å². The molecule has 1 amide bonds. The van der Waals surface area contributed by atoms with Crippen LogP contribution in [-0.2, 0) is 10.2 Å². The second-order valence-electron chi connectivity index (χ2n) is 9.67. The second-order valence-corrected chi connectivity index (χ2v) is 11.7. The molecule has 1 aliphatic heterocycles. The molecule has 2 aromatic carbocycles. The fourth-order valence-corrected chi connectivity index (χ4v) is 6.18. The zero-order valence-corrected chi connectivity index (χ0v) is 21.2. The van der Waals surface area contributed by atoms with Crippen LogP contribution in [0.3, 0.4) is 0 Å². The topological polar surface area (TPSA) is 76.9 Å². The van der Waals surface area contributed by atoms with E-state index in [1.807, 2.05) is 51.1 Å². The van der Waals surface area contributed by atoms with E-state index in [4.69, 9.17) is 4.98 Å². The van der Waals surface area contributed by atoms with Crippen LogP contribution in [0.1, 0.15) is 44.5 Å². The average Bonchev–Trinajstić information content (AvgIpc) is 3.37. The summed E-state index contributed by atoms with van der Waals surface area (Å²) >= 11 is 3.20. The molecule has 1 atom stereocenters. The Labute approximate surface area is 206 Å². The summed E-state index contributed by atoms with van der Waals surface area (Å²) in [5.74, 6) is 0.549. The molecule has 0 fully saturated rings. The summed E-state index contributed by atoms with van der Waals surface area (Å²) in [6.45, 7) is 8.20. The van der Waals surface area contributed by atoms with Gasteiger partial charge in [0.25, 0.3) is 5.56 Å². The first-order valence-corrected chi connectivity index (χ1v) is 13.0. The predicted octanol–water partition coefficient (Wildman–Crippen LogP) is 5.80. The van der Waals surface area contributed by atoms with Crippen LogP contribution < -0.4 is 10.9 Å². The summed E-state index contributed by atoms with van der Waals surface area (Å²) in [5.41, 5.74) is 4.46. The lowest BCUT2D eigenvalue weighted by Gasteiger charge is -2.19. The SMILES string of the molecule is Cc1ccc2nc(-c3ccc(NC(=O)CC4CSc5nc(C(C)(C)C)cc(=O)n54)cc3)sc2c1. The van der Waals surface area contributed by atoms with Crippen LogP contribution in [0.5, 0.6) is 0 Å². The zero-order valence-electron chi connectivity index (χ0n) is 19.6. The highest BCUT2D eigenvalue weighted by Gasteiger charge is 2.29. The molecule has 174 valence electrons. The third-order valence-electron chi connectivity index (χ3n) is 5.84. The predicted molar refractivity (Wildman–Crippen MR) is 140 cm³/mol. The number of benzene rings is 2. The number of thioether (sulfide) groups is 1. The monoisotopic (exact) mass is 490 g/mol. The van der Waals surface area contributed by atoms with Crippen molar-refractivity contribution in [3.8, 4) is 10.6 Å². The molecule has 0 bridgehead atoms. The fraction of sp³-hybridized carbons (Fsp3) is 0.308. The molecule has 3 heterocycles. The first kappa shape index (κ1) is 22.8. The molecule has 0 saturated carbocycles. The Hall–Kier alpha value is -2.97. The summed E-state index contributed by atoms with van der Waals surface area (Å²) in [6.07, 6.45) is 0.232. The molecule has 5 rings (SSSR count). The van der Waals surface area contributed by atoms with Crippen LogP contribution in [-0.4, -0.2) is 26.2 Å². The summed E-state index contributed by atoms with van der Waals surface area (Å²) in [5, 5.41) is 4.62. The van der Waals surface area contributed by atoms with Crippen LogP contribution in [0.25, 0.3) is 20.8 Å². The number of nitrogens with zero attached hydrogens (tertiary/aromatic N) is 3. The van der Waals surface area contributed by atoms with E-state index in [1.165, 1.54) is 22.0 Å². The minimum atomic E-state index is -0.195. The summed E-state index contributed by atoms with van der Waals surface area (Å²) in [6, 6.07) is 15.4. The highest BCUT2D eigenvalue weighted by atomic mass is 32.2. The molecule has 0 saturated heterocycles. The van der Waals surface area contributed by atoms with E-state index >= 15 is 0 Å². The number of nitrogens with one attached hydrogen (secondary N) is 1. The number of anilines is 1. The van der Waals surface area contributed by atoms with E-state index in [9.17, 15) is 9.59 Å². The van der Waals surface area contributed by atoms with Gasteiger partial charge in [0.1, 0.15) is 5.01 Å². The zero-order chi connectivity index (χ0) is 24.0. The van der Waals surface area contributed by atoms with Crippen molar-refractivity contribution >= 4 is 44.9 Å². The van der Waals surface area contributed by atoms with Gasteiger partial charge in [0, 0.05) is 34.9 Å². The number of amides is 1. The molecule has 1 unspecified atom stereocenters. The minimum Gasteiger partial charge on any atom is -0.326 e. The molecule has 2 aromatic heterocycles. The third-order valence-corrected chi connectivity index (χ3v) is 8.00. The number of carbonyl (C=O) groups excluding carboxylic acids is 1. The first-order chi connectivity index (χ1) is 16.2. The van der Waals surface area contributed by atoms with Crippen LogP contribution >= 0.6 is 23.1 Å². The van der Waals surface area contributed by atoms with Crippen molar-refractivity contribution in [1.29, 1.82) is 0 Å². The van der Waals surface area contributed by atoms with Gasteiger partial charge in [0.2, 0.25) is 5.91 Å². The van der Waals surface area contributed by atoms with Gasteiger partial charge >= 0.3 is 0 Å². The van der Waals surface area contributed by atoms with Crippen molar-refractivity contribution in [3.05, 3.63) is 70.1 Å². The van der Waals surface area contributed by atoms with Gasteiger partial charge in [0.15, 0.2) is 5.16 Å². The number of thiazole rings is 1. The van der Waals surface area contributed by atoms with Gasteiger partial charge in [0.05, 0.1) is 22.0 Å². The van der Waals surface area contributed by atoms with Gasteiger partial charge in [-0.2, -0.15) is 0 Å². The normalized spacial score (nSPS) is 15.5. The number of carbonyl (C=O) groups is 1. The van der Waals surface area contributed by atoms with Crippen molar-refractivity contribution in [2.45, 2.75) is 50.7 Å². The molecule has 6 nitrogen and oxygen atoms in total. The second kappa shape index (κ2) is 8.67. The van der Waals surface area contributed by atoms with Crippen LogP contribution in [0.4, 0.5) is 5.69 Å². The molecule has 34 heavy (non-hydrogen) atoms. The average molecular weight is 491 g/mol. The van der Waals surface area contributed by atoms with Crippen molar-refractivity contribution in [2.24, 2.45) is 0 Å². The quantitative estimate of drug-likeness (QED) is 0.366. The standard InChI is InChI=1S/C26H26N4O2S2/c1-15-5-10-19-20(11-15)34-24(28-19)16-6-8-17(9-7-16)27-22(31)12-18-14-33-25-29-21(26(2,3)4)13-23(32)30(18)25/h5-11,13,18H,12,14H2,1-4H3,(H,27,31). The Kier molecular flexibility index (Phi) is 5.81. The van der Waals surface area contributed by atoms with E-state index in [0.29, 0.717) is 10.9 Å². The largest absolute Gasteiger partial charge is 0.326 e. The lowest BCUT2D eigenvalue weighted by molar-refractivity contribution is -0.116. The molecular weight excluding hydrogens is 464 g/mol. The highest BCUT2D eigenvalue weighted by Crippen LogP contribution is 2.34. The van der Waals surface area contributed by atoms with E-state index in [-0.39, 0.29) is 29.3 Å². The fourth-order valence-electron chi connectivity index (χ4n) is 3.97. The maximum Gasteiger partial charge on any atom is 0.254 e. The molecule has 0 radical (unpaired) electrons. The first-order valence-electron chi connectivity index (χ1n) is 11.2. The Morgan fingerprint density at radius 3 is 2.62 bits per heavy atom. The molecule has 0 spiro atoms. The number of fused-ring (bicyclic) bond motifs is 2. The van der Waals surface area contributed by atoms with E-state index in [1.54, 1.807) is 22.0 Å². The van der Waals surface area contributed by atoms with Crippen LogP contribution in [0.2, 0.25) is 0 Å². The number of rotatable bonds is 4. The van der Waals surface area contributed by atoms with Crippen molar-refractivity contribution < 1.29 is 4.79 Å². The molecule has 1 aliphatic rings. The van der Waals surface area contributed by atoms with Gasteiger partial charge in [-0.1, -0.05) is 38.6 Å². The Morgan fingerprint density at radius 2 is 1.88 bits per heavy atom. The maximum absolute atomic E-state index is 12.8. The number of hydrogen-bond acceptors (Lipinski definition) is 6. The molecule has 1 N–H and O–H groups in total. The number of aryl methyl sites for hydroxylation is 1. The van der Waals surface area contributed by atoms with Gasteiger partial charge in [-0.25, -0.2) is 9.97 Å². The van der Waals surface area contributed by atoms with E-state index in [2.05, 4.69) is 29.4 Å². The molecule has 8 heteroatoms. The lowest BCUT2D eigenvalue weighted by Crippen LogP contribution is -2.29. The molecule has 4 aromatic rings. The van der Waals surface area contributed by atoms with E-state index in [0.717, 1.165) is 27.5 Å². The Bertz CT molecular complexity index is 1450. The highest BCUT2D eigenvalue weighted by molar-refractivity contribution is 7.99. The van der Waals surface area contributed by atoms with Crippen molar-refractivity contribution in [3.63, 3.8) is 0 Å². The van der Waals surface area contributed by atoms with Gasteiger partial charge < -0.3 is 5.32 Å². The minimum absolute atomic E-state index is 0.0897. The molecule has 0 aliphatic carbocycles. The van der Waals surface area contributed by atoms with Gasteiger partial charge in [-0.3, -0.25) is 14.2 Å². The van der Waals surface area contributed by atoms with Crippen LogP contribution in [0.15, 0.2) is 58.5 Å². The Balaban J connectivity index is 1.27. The summed E-state index contributed by atoms with van der Waals surface area (Å²) < 4.78 is 2.83. The smallest absolute Gasteiger partial charge is 0.254 e.